The lowest BCUT2D eigenvalue weighted by atomic mass is 9.80. The monoisotopic (exact) mass is 276 g/mol. The first-order valence-corrected chi connectivity index (χ1v) is 6.56. The number of halogens is 1. The van der Waals surface area contributed by atoms with Gasteiger partial charge in [-0.05, 0) is 13.3 Å². The largest absolute Gasteiger partial charge is 0.378 e. The Morgan fingerprint density at radius 2 is 2.64 bits per heavy atom. The van der Waals surface area contributed by atoms with Crippen molar-refractivity contribution in [1.82, 2.24) is 8.75 Å². The van der Waals surface area contributed by atoms with Gasteiger partial charge in [0, 0.05) is 23.8 Å². The van der Waals surface area contributed by atoms with Gasteiger partial charge in [0.1, 0.15) is 0 Å². The van der Waals surface area contributed by atoms with E-state index in [4.69, 9.17) is 4.74 Å². The summed E-state index contributed by atoms with van der Waals surface area (Å²) in [6.07, 6.45) is 4.25. The second-order valence-corrected chi connectivity index (χ2v) is 4.95. The molecule has 0 aromatic carbocycles. The quantitative estimate of drug-likeness (QED) is 0.795. The van der Waals surface area contributed by atoms with E-state index in [1.807, 2.05) is 6.20 Å². The molecule has 1 saturated heterocycles. The van der Waals surface area contributed by atoms with Crippen molar-refractivity contribution in [2.75, 3.05) is 11.9 Å². The molecule has 1 aliphatic heterocycles. The van der Waals surface area contributed by atoms with Crippen molar-refractivity contribution >= 4 is 27.7 Å². The number of ether oxygens (including phenoxy) is 1. The van der Waals surface area contributed by atoms with Gasteiger partial charge >= 0.3 is 0 Å². The molecule has 1 aromatic heterocycles. The van der Waals surface area contributed by atoms with Crippen LogP contribution in [0.15, 0.2) is 6.20 Å². The van der Waals surface area contributed by atoms with E-state index in [9.17, 15) is 0 Å². The molecule has 1 fully saturated rings. The molecule has 14 heavy (non-hydrogen) atoms. The zero-order valence-electron chi connectivity index (χ0n) is 8.07. The van der Waals surface area contributed by atoms with Crippen molar-refractivity contribution < 1.29 is 4.74 Å². The molecule has 0 aliphatic carbocycles. The Hall–Kier alpha value is -0.0000000000000000278. The minimum absolute atomic E-state index is 0.218. The zero-order valence-corrected chi connectivity index (χ0v) is 10.5. The Labute approximate surface area is 96.3 Å². The molecule has 3 nitrogen and oxygen atoms in total. The SMILES string of the molecule is CC1OCCC1(CBr)Cc1cnsn1. The summed E-state index contributed by atoms with van der Waals surface area (Å²) in [5.74, 6) is 0. The molecule has 0 amide bonds. The summed E-state index contributed by atoms with van der Waals surface area (Å²) in [5.41, 5.74) is 1.31. The first kappa shape index (κ1) is 10.5. The first-order valence-electron chi connectivity index (χ1n) is 4.71. The van der Waals surface area contributed by atoms with Crippen LogP contribution in [0.5, 0.6) is 0 Å². The molecule has 5 heteroatoms. The fraction of sp³-hybridized carbons (Fsp3) is 0.778. The summed E-state index contributed by atoms with van der Waals surface area (Å²) in [7, 11) is 0. The van der Waals surface area contributed by atoms with Crippen LogP contribution >= 0.6 is 27.7 Å². The van der Waals surface area contributed by atoms with E-state index in [1.165, 1.54) is 11.7 Å². The second kappa shape index (κ2) is 4.24. The highest BCUT2D eigenvalue weighted by molar-refractivity contribution is 9.09. The van der Waals surface area contributed by atoms with Gasteiger partial charge in [0.25, 0.3) is 0 Å². The van der Waals surface area contributed by atoms with Gasteiger partial charge in [-0.3, -0.25) is 0 Å². The molecule has 2 unspecified atom stereocenters. The maximum atomic E-state index is 5.63. The lowest BCUT2D eigenvalue weighted by Crippen LogP contribution is -2.33. The van der Waals surface area contributed by atoms with Gasteiger partial charge < -0.3 is 4.74 Å². The number of hydrogen-bond acceptors (Lipinski definition) is 4. The van der Waals surface area contributed by atoms with Crippen LogP contribution < -0.4 is 0 Å². The number of alkyl halides is 1. The van der Waals surface area contributed by atoms with Crippen molar-refractivity contribution in [2.45, 2.75) is 25.9 Å². The fourth-order valence-corrected chi connectivity index (χ4v) is 3.26. The molecular formula is C9H13BrN2OS. The molecular weight excluding hydrogens is 264 g/mol. The molecule has 1 aromatic rings. The van der Waals surface area contributed by atoms with Crippen molar-refractivity contribution in [3.8, 4) is 0 Å². The Balaban J connectivity index is 2.13. The minimum Gasteiger partial charge on any atom is -0.378 e. The van der Waals surface area contributed by atoms with Gasteiger partial charge in [-0.25, -0.2) is 0 Å². The lowest BCUT2D eigenvalue weighted by Gasteiger charge is -2.29. The predicted octanol–water partition coefficient (Wildman–Crippen LogP) is 2.27. The summed E-state index contributed by atoms with van der Waals surface area (Å²) < 4.78 is 13.9. The molecule has 0 N–H and O–H groups in total. The van der Waals surface area contributed by atoms with Crippen LogP contribution in [0.1, 0.15) is 19.0 Å². The average Bonchev–Trinajstić information content (AvgIpc) is 2.79. The molecule has 2 atom stereocenters. The summed E-state index contributed by atoms with van der Waals surface area (Å²) in [5, 5.41) is 0.971. The zero-order chi connectivity index (χ0) is 10.0. The number of aromatic nitrogens is 2. The van der Waals surface area contributed by atoms with Gasteiger partial charge in [0.2, 0.25) is 0 Å². The predicted molar refractivity (Wildman–Crippen MR) is 59.9 cm³/mol. The summed E-state index contributed by atoms with van der Waals surface area (Å²) >= 11 is 4.87. The summed E-state index contributed by atoms with van der Waals surface area (Å²) in [4.78, 5) is 0. The third-order valence-electron chi connectivity index (χ3n) is 3.04. The maximum Gasteiger partial charge on any atom is 0.0749 e. The van der Waals surface area contributed by atoms with Crippen molar-refractivity contribution in [2.24, 2.45) is 5.41 Å². The maximum absolute atomic E-state index is 5.63. The van der Waals surface area contributed by atoms with Crippen LogP contribution in [0.25, 0.3) is 0 Å². The van der Waals surface area contributed by atoms with E-state index in [0.717, 1.165) is 30.5 Å². The molecule has 78 valence electrons. The van der Waals surface area contributed by atoms with Crippen molar-refractivity contribution in [1.29, 1.82) is 0 Å². The van der Waals surface area contributed by atoms with E-state index in [1.54, 1.807) is 0 Å². The van der Waals surface area contributed by atoms with E-state index < -0.39 is 0 Å². The number of nitrogens with zero attached hydrogens (tertiary/aromatic N) is 2. The van der Waals surface area contributed by atoms with E-state index in [-0.39, 0.29) is 5.41 Å². The minimum atomic E-state index is 0.218. The molecule has 0 saturated carbocycles. The average molecular weight is 277 g/mol. The highest BCUT2D eigenvalue weighted by atomic mass is 79.9. The highest BCUT2D eigenvalue weighted by Gasteiger charge is 2.41. The van der Waals surface area contributed by atoms with Crippen LogP contribution in [-0.2, 0) is 11.2 Å². The molecule has 0 radical (unpaired) electrons. The van der Waals surface area contributed by atoms with Crippen LogP contribution in [0.3, 0.4) is 0 Å². The summed E-state index contributed by atoms with van der Waals surface area (Å²) in [6, 6.07) is 0. The Kier molecular flexibility index (Phi) is 3.19. The van der Waals surface area contributed by atoms with Gasteiger partial charge in [0.15, 0.2) is 0 Å². The molecule has 0 bridgehead atoms. The highest BCUT2D eigenvalue weighted by Crippen LogP contribution is 2.39. The van der Waals surface area contributed by atoms with E-state index in [2.05, 4.69) is 31.6 Å². The smallest absolute Gasteiger partial charge is 0.0749 e. The van der Waals surface area contributed by atoms with Crippen LogP contribution in [0, 0.1) is 5.41 Å². The van der Waals surface area contributed by atoms with Crippen LogP contribution in [0.4, 0.5) is 0 Å². The fourth-order valence-electron chi connectivity index (χ4n) is 1.90. The molecule has 2 heterocycles. The molecule has 1 aliphatic rings. The van der Waals surface area contributed by atoms with Gasteiger partial charge in [0.05, 0.1) is 29.7 Å². The van der Waals surface area contributed by atoms with Crippen molar-refractivity contribution in [3.63, 3.8) is 0 Å². The number of rotatable bonds is 3. The van der Waals surface area contributed by atoms with Gasteiger partial charge in [-0.15, -0.1) is 0 Å². The van der Waals surface area contributed by atoms with Gasteiger partial charge in [-0.2, -0.15) is 8.75 Å². The standard InChI is InChI=1S/C9H13BrN2OS/c1-7-9(6-10,2-3-13-7)4-8-5-11-14-12-8/h5,7H,2-4,6H2,1H3. The normalized spacial score (nSPS) is 32.3. The molecule has 0 spiro atoms. The Morgan fingerprint density at radius 1 is 1.79 bits per heavy atom. The van der Waals surface area contributed by atoms with Crippen molar-refractivity contribution in [3.05, 3.63) is 11.9 Å². The third kappa shape index (κ3) is 1.85. The summed E-state index contributed by atoms with van der Waals surface area (Å²) in [6.45, 7) is 3.01. The topological polar surface area (TPSA) is 35.0 Å². The second-order valence-electron chi connectivity index (χ2n) is 3.83. The van der Waals surface area contributed by atoms with E-state index >= 15 is 0 Å². The Morgan fingerprint density at radius 3 is 3.14 bits per heavy atom. The van der Waals surface area contributed by atoms with Crippen LogP contribution in [-0.4, -0.2) is 26.8 Å². The van der Waals surface area contributed by atoms with Gasteiger partial charge in [-0.1, -0.05) is 15.9 Å². The first-order chi connectivity index (χ1) is 6.77. The lowest BCUT2D eigenvalue weighted by molar-refractivity contribution is 0.0743. The number of hydrogen-bond donors (Lipinski definition) is 0. The third-order valence-corrected chi connectivity index (χ3v) is 4.67. The van der Waals surface area contributed by atoms with E-state index in [0.29, 0.717) is 6.10 Å². The Bertz CT molecular complexity index is 293. The van der Waals surface area contributed by atoms with Crippen LogP contribution in [0.2, 0.25) is 0 Å². The molecule has 2 rings (SSSR count).